The maximum Gasteiger partial charge on any atom is 0.338 e. The maximum atomic E-state index is 13.9. The zero-order chi connectivity index (χ0) is 99.8. The second-order valence-corrected chi connectivity index (χ2v) is 34.9. The fourth-order valence-electron chi connectivity index (χ4n) is 16.1. The number of imidazole rings is 4. The molecule has 0 spiro atoms. The second-order valence-electron chi connectivity index (χ2n) is 33.9. The molecular weight excluding hydrogens is 1780 g/mol. The van der Waals surface area contributed by atoms with E-state index in [1.807, 2.05) is 20.1 Å². The van der Waals surface area contributed by atoms with Crippen LogP contribution in [0.2, 0.25) is 0 Å². The summed E-state index contributed by atoms with van der Waals surface area (Å²) in [7, 11) is 0. The lowest BCUT2D eigenvalue weighted by Gasteiger charge is -2.32. The van der Waals surface area contributed by atoms with Gasteiger partial charge in [0.1, 0.15) is 17.2 Å². The number of aromatic hydroxyl groups is 3. The number of aromatic nitrogens is 8. The number of ketones is 3. The Kier molecular flexibility index (Phi) is 48.2. The Bertz CT molecular complexity index is 4940. The van der Waals surface area contributed by atoms with Crippen molar-refractivity contribution < 1.29 is 120 Å². The monoisotopic (exact) mass is 1910 g/mol. The zero-order valence-corrected chi connectivity index (χ0v) is 78.1. The van der Waals surface area contributed by atoms with Crippen molar-refractivity contribution in [3.63, 3.8) is 0 Å². The van der Waals surface area contributed by atoms with Crippen molar-refractivity contribution in [1.29, 1.82) is 0 Å². The smallest absolute Gasteiger partial charge is 0.338 e. The third-order valence-corrected chi connectivity index (χ3v) is 24.1. The van der Waals surface area contributed by atoms with Gasteiger partial charge in [-0.2, -0.15) is 11.8 Å². The molecule has 3 aromatic carbocycles. The SMILES string of the molecule is CC.CSCCC(NC(=O)C(CC(=O)C(CCC[NH+]=C(N)N)NC(=O)C([NH3+])CCC[NH+]=C(N)N)Cc1cnc[nH]1)C(=O)[O-].NC(N)=[NH+]CCCC([NH3+])C(=O)NC(Cc1ccc(O)cc1)C(=O)CC(Cc1cnc[nH]1)C(=O)NC(CC1CCC2CCCCC21)C(=O)[O-].[NH3+]C(Cc1cnc[nH]1)C(=O)NC(Cc1ccc(O)cc1)C(=O)CC(Cc1cnc[nH]1)C(=O)NC(Cc1ccc(O)cc1)C(=O)[O-]. The number of Topliss-reactive ketones (excluding diaryl/α,β-unsaturated/α-hetero) is 3. The third-order valence-electron chi connectivity index (χ3n) is 23.4. The summed E-state index contributed by atoms with van der Waals surface area (Å²) in [4.78, 5) is 193. The minimum Gasteiger partial charge on any atom is -0.548 e. The zero-order valence-electron chi connectivity index (χ0n) is 77.3. The standard InChI is InChI=1S/C34H50N8O6.C31H35N7O7.C24H43N11O5S.C2H6/c35-27(6-3-13-39-34(36)37)32(46)41-28(14-20-7-11-25(43)12-8-20)30(44)17-23(15-24-18-38-19-40-24)31(45)42-29(33(47)48)16-22-10-9-21-4-1-2-5-26(21)22;32-25(13-22-15-34-17-36-22)30(43)37-26(9-18-1-5-23(39)6-2-18)28(41)12-20(11-21-14-33-16-35-21)29(42)38-27(31(44)45)10-19-3-7-24(40)8-4-19;1-41-9-6-18(22(39)40)35-20(37)14(10-15-12-30-13-33-15)11-19(36)17(5-3-8-32-24(28)29)34-21(38)16(25)4-2-7-31-23(26)27;1-2/h7-8,11-12,18-19,21-23,26-29,43H,1-6,9-10,13-17,35H2,(H,38,40)(H,41,46)(H,42,45)(H,47,48)(H4,36,37,39);1-8,14-17,20,25-27,39-40H,9-13,32H2,(H,33,35)(H,34,36)(H,37,43)(H,38,42)(H,44,45);12-14,16-18H,2-11,25H2,1H3,(H,30,33)(H,34,38)(H,35,37)(H,39,40)(H4,26,27,31)(H4,28,29,32);1-2H3/p+3. The van der Waals surface area contributed by atoms with Gasteiger partial charge < -0.3 is 114 Å². The second kappa shape index (κ2) is 59.0. The minimum absolute atomic E-state index is 0.00588. The van der Waals surface area contributed by atoms with Crippen LogP contribution < -0.4 is 114 Å². The average Bonchev–Trinajstić information content (AvgIpc) is 1.65. The van der Waals surface area contributed by atoms with Gasteiger partial charge in [-0.25, -0.2) is 19.9 Å². The van der Waals surface area contributed by atoms with Crippen LogP contribution in [0.4, 0.5) is 0 Å². The molecule has 4 aromatic heterocycles. The normalized spacial score (nSPS) is 16.2. The topological polar surface area (TPSA) is 803 Å². The first-order valence-electron chi connectivity index (χ1n) is 45.6. The minimum atomic E-state index is -1.51. The van der Waals surface area contributed by atoms with E-state index in [-0.39, 0.29) is 118 Å². The Labute approximate surface area is 792 Å². The predicted octanol–water partition coefficient (Wildman–Crippen LogP) is -10.8. The van der Waals surface area contributed by atoms with Crippen LogP contribution >= 0.6 is 11.8 Å². The number of H-pyrrole nitrogens is 4. The fourth-order valence-corrected chi connectivity index (χ4v) is 16.6. The van der Waals surface area contributed by atoms with Gasteiger partial charge in [0.15, 0.2) is 35.5 Å². The Morgan fingerprint density at radius 3 is 1.09 bits per heavy atom. The first-order valence-corrected chi connectivity index (χ1v) is 47.0. The molecule has 742 valence electrons. The molecule has 0 aliphatic heterocycles. The van der Waals surface area contributed by atoms with Crippen LogP contribution in [0.15, 0.2) is 123 Å². The summed E-state index contributed by atoms with van der Waals surface area (Å²) in [6, 6.07) is 9.45. The van der Waals surface area contributed by atoms with E-state index in [0.717, 1.165) is 25.7 Å². The molecule has 2 fully saturated rings. The highest BCUT2D eigenvalue weighted by Crippen LogP contribution is 2.47. The Hall–Kier alpha value is -13.8. The number of nitrogens with one attached hydrogen (secondary N) is 13. The highest BCUT2D eigenvalue weighted by molar-refractivity contribution is 7.98. The highest BCUT2D eigenvalue weighted by atomic mass is 32.2. The van der Waals surface area contributed by atoms with E-state index >= 15 is 0 Å². The quantitative estimate of drug-likeness (QED) is 0.00956. The number of carboxylic acids is 3. The van der Waals surface area contributed by atoms with Crippen molar-refractivity contribution in [2.75, 3.05) is 31.6 Å². The van der Waals surface area contributed by atoms with Crippen molar-refractivity contribution in [2.45, 2.75) is 222 Å². The largest absolute Gasteiger partial charge is 0.548 e. The van der Waals surface area contributed by atoms with E-state index in [1.54, 1.807) is 36.7 Å². The average molecular weight is 1920 g/mol. The first kappa shape index (κ1) is 111. The van der Waals surface area contributed by atoms with E-state index in [9.17, 15) is 88.2 Å². The van der Waals surface area contributed by atoms with E-state index in [1.165, 1.54) is 111 Å². The number of aromatic amines is 4. The van der Waals surface area contributed by atoms with Gasteiger partial charge in [0.05, 0.1) is 123 Å². The van der Waals surface area contributed by atoms with Gasteiger partial charge in [0.2, 0.25) is 17.7 Å². The molecule has 15 unspecified atom stereocenters. The summed E-state index contributed by atoms with van der Waals surface area (Å²) in [5.74, 6) is -9.56. The predicted molar refractivity (Wildman–Crippen MR) is 493 cm³/mol. The van der Waals surface area contributed by atoms with Crippen LogP contribution in [0.1, 0.15) is 162 Å². The van der Waals surface area contributed by atoms with Gasteiger partial charge in [-0.1, -0.05) is 69.5 Å². The Morgan fingerprint density at radius 2 is 0.728 bits per heavy atom. The van der Waals surface area contributed by atoms with Crippen LogP contribution in [0.5, 0.6) is 17.2 Å². The van der Waals surface area contributed by atoms with E-state index in [4.69, 9.17) is 34.4 Å². The molecule has 2 aliphatic carbocycles. The molecule has 15 atom stereocenters. The number of carboxylic acid groups (broad SMARTS) is 3. The van der Waals surface area contributed by atoms with Crippen molar-refractivity contribution in [3.05, 3.63) is 162 Å². The van der Waals surface area contributed by atoms with Crippen molar-refractivity contribution in [3.8, 4) is 17.2 Å². The van der Waals surface area contributed by atoms with Gasteiger partial charge >= 0.3 is 17.9 Å². The summed E-state index contributed by atoms with van der Waals surface area (Å²) < 4.78 is 0. The van der Waals surface area contributed by atoms with Gasteiger partial charge in [0, 0.05) is 98.9 Å². The molecule has 0 bridgehead atoms. The molecule has 2 saturated carbocycles. The number of benzene rings is 3. The van der Waals surface area contributed by atoms with Gasteiger partial charge in [0.25, 0.3) is 17.7 Å². The summed E-state index contributed by atoms with van der Waals surface area (Å²) in [6.45, 7) is 5.27. The summed E-state index contributed by atoms with van der Waals surface area (Å²) in [5.41, 5.74) is 48.5. The molecule has 4 heterocycles. The highest BCUT2D eigenvalue weighted by Gasteiger charge is 2.41. The first-order chi connectivity index (χ1) is 65.0. The number of thioether (sulfide) groups is 1. The number of hydrogen-bond donors (Lipinski definition) is 25. The molecule has 0 saturated heterocycles. The number of nitrogens with zero attached hydrogens (tertiary/aromatic N) is 4. The number of guanidine groups is 3. The van der Waals surface area contributed by atoms with Crippen molar-refractivity contribution in [1.82, 2.24) is 71.8 Å². The lowest BCUT2D eigenvalue weighted by Crippen LogP contribution is -2.78. The number of phenolic OH excluding ortho intramolecular Hbond substituents is 3. The Morgan fingerprint density at radius 1 is 0.404 bits per heavy atom. The molecule has 6 amide bonds. The number of quaternary nitrogens is 3. The number of nitrogens with two attached hydrogens (primary N) is 6. The molecule has 37 N–H and O–H groups in total. The third kappa shape index (κ3) is 40.5. The van der Waals surface area contributed by atoms with Gasteiger partial charge in [-0.15, -0.1) is 0 Å². The number of fused-ring (bicyclic) bond motifs is 1. The molecule has 7 aromatic rings. The van der Waals surface area contributed by atoms with Crippen LogP contribution in [-0.4, -0.2) is 230 Å². The summed E-state index contributed by atoms with van der Waals surface area (Å²) in [5, 5.41) is 80.9. The molecule has 9 rings (SSSR count). The maximum absolute atomic E-state index is 13.9. The number of phenols is 3. The number of carbonyl (C=O) groups excluding carboxylic acids is 12. The van der Waals surface area contributed by atoms with E-state index < -0.39 is 143 Å². The van der Waals surface area contributed by atoms with Gasteiger partial charge in [-0.05, 0) is 160 Å². The van der Waals surface area contributed by atoms with Crippen molar-refractivity contribution in [2.24, 2.45) is 69.9 Å². The lowest BCUT2D eigenvalue weighted by atomic mass is 9.76. The summed E-state index contributed by atoms with van der Waals surface area (Å²) >= 11 is 1.43. The van der Waals surface area contributed by atoms with Gasteiger partial charge in [-0.3, -0.25) is 92.5 Å². The van der Waals surface area contributed by atoms with Crippen LogP contribution in [0.25, 0.3) is 0 Å². The number of aliphatic carboxylic acids is 3. The summed E-state index contributed by atoms with van der Waals surface area (Å²) in [6.07, 6.45) is 23.2. The number of amides is 6. The van der Waals surface area contributed by atoms with Crippen molar-refractivity contribution >= 4 is 100 Å². The Balaban J connectivity index is 0.000000311. The number of rotatable bonds is 55. The molecule has 136 heavy (non-hydrogen) atoms. The molecule has 45 heteroatoms. The number of hydrogen-bond acceptors (Lipinski definition) is 23. The van der Waals surface area contributed by atoms with Crippen LogP contribution in [0.3, 0.4) is 0 Å². The van der Waals surface area contributed by atoms with Crippen LogP contribution in [-0.2, 0) is 102 Å². The van der Waals surface area contributed by atoms with E-state index in [2.05, 4.69) is 104 Å². The molecule has 2 aliphatic rings. The van der Waals surface area contributed by atoms with E-state index in [0.29, 0.717) is 115 Å². The lowest BCUT2D eigenvalue weighted by molar-refractivity contribution is -0.463. The molecular formula is C91H137N26O18S+3. The number of carbonyl (C=O) groups is 12. The van der Waals surface area contributed by atoms with Crippen LogP contribution in [0, 0.1) is 35.5 Å². The molecule has 44 nitrogen and oxygen atoms in total. The molecule has 0 radical (unpaired) electrons. The fraction of sp³-hybridized carbons (Fsp3) is 0.505.